The Labute approximate surface area is 90.2 Å². The largest absolute Gasteiger partial charge is 0.356 e. The molecule has 1 fully saturated rings. The molecule has 15 heavy (non-hydrogen) atoms. The van der Waals surface area contributed by atoms with Gasteiger partial charge in [0.25, 0.3) is 0 Å². The van der Waals surface area contributed by atoms with E-state index in [0.29, 0.717) is 25.3 Å². The smallest absolute Gasteiger partial charge is 0.223 e. The maximum absolute atomic E-state index is 11.3. The third-order valence-electron chi connectivity index (χ3n) is 2.50. The van der Waals surface area contributed by atoms with E-state index in [4.69, 9.17) is 0 Å². The molecule has 5 heteroatoms. The second kappa shape index (κ2) is 5.70. The molecular weight excluding hydrogens is 194 g/mol. The van der Waals surface area contributed by atoms with E-state index >= 15 is 0 Å². The lowest BCUT2D eigenvalue weighted by molar-refractivity contribution is -0.128. The van der Waals surface area contributed by atoms with Crippen LogP contribution in [0.1, 0.15) is 12.8 Å². The Morgan fingerprint density at radius 2 is 2.07 bits per heavy atom. The molecule has 0 aliphatic carbocycles. The number of carbonyl (C=O) groups is 2. The number of rotatable bonds is 5. The van der Waals surface area contributed by atoms with Crippen LogP contribution in [0.3, 0.4) is 0 Å². The number of nitrogens with one attached hydrogen (secondary N) is 2. The first kappa shape index (κ1) is 12.0. The van der Waals surface area contributed by atoms with Crippen LogP contribution in [0.4, 0.5) is 0 Å². The minimum atomic E-state index is 0.0422. The Morgan fingerprint density at radius 3 is 2.53 bits per heavy atom. The average Bonchev–Trinajstić information content (AvgIpc) is 2.11. The normalized spacial score (nSPS) is 15.6. The molecule has 0 unspecified atom stereocenters. The number of hydrogen-bond acceptors (Lipinski definition) is 3. The lowest BCUT2D eigenvalue weighted by atomic mass is 9.99. The van der Waals surface area contributed by atoms with Crippen LogP contribution in [-0.2, 0) is 9.59 Å². The highest BCUT2D eigenvalue weighted by Crippen LogP contribution is 2.07. The second-order valence-electron chi connectivity index (χ2n) is 4.12. The van der Waals surface area contributed by atoms with Gasteiger partial charge in [-0.1, -0.05) is 0 Å². The summed E-state index contributed by atoms with van der Waals surface area (Å²) < 4.78 is 0. The highest BCUT2D eigenvalue weighted by Gasteiger charge is 2.19. The first-order valence-electron chi connectivity index (χ1n) is 5.27. The molecule has 5 nitrogen and oxygen atoms in total. The van der Waals surface area contributed by atoms with Gasteiger partial charge in [-0.25, -0.2) is 0 Å². The van der Waals surface area contributed by atoms with Gasteiger partial charge in [-0.15, -0.1) is 0 Å². The van der Waals surface area contributed by atoms with Crippen LogP contribution in [0, 0.1) is 5.92 Å². The molecule has 0 bridgehead atoms. The molecule has 0 aromatic carbocycles. The van der Waals surface area contributed by atoms with Crippen molar-refractivity contribution in [3.8, 4) is 0 Å². The Bertz CT molecular complexity index is 237. The molecule has 0 radical (unpaired) electrons. The molecule has 0 spiro atoms. The van der Waals surface area contributed by atoms with E-state index in [1.54, 1.807) is 14.1 Å². The van der Waals surface area contributed by atoms with E-state index in [1.165, 1.54) is 4.90 Å². The van der Waals surface area contributed by atoms with Crippen LogP contribution < -0.4 is 10.6 Å². The topological polar surface area (TPSA) is 61.4 Å². The van der Waals surface area contributed by atoms with Gasteiger partial charge in [0.2, 0.25) is 11.8 Å². The molecule has 1 aliphatic rings. The molecule has 1 heterocycles. The van der Waals surface area contributed by atoms with Crippen molar-refractivity contribution in [1.82, 2.24) is 15.5 Å². The molecule has 2 N–H and O–H groups in total. The summed E-state index contributed by atoms with van der Waals surface area (Å²) in [5.41, 5.74) is 0. The lowest BCUT2D eigenvalue weighted by Gasteiger charge is -2.26. The molecule has 0 atom stereocenters. The molecule has 2 amide bonds. The number of carbonyl (C=O) groups excluding carboxylic acids is 2. The van der Waals surface area contributed by atoms with Crippen LogP contribution in [0.2, 0.25) is 0 Å². The molecule has 0 aromatic rings. The second-order valence-corrected chi connectivity index (χ2v) is 4.12. The molecule has 0 aromatic heterocycles. The fourth-order valence-electron chi connectivity index (χ4n) is 1.36. The van der Waals surface area contributed by atoms with Gasteiger partial charge >= 0.3 is 0 Å². The van der Waals surface area contributed by atoms with Crippen LogP contribution in [0.25, 0.3) is 0 Å². The molecule has 1 saturated heterocycles. The van der Waals surface area contributed by atoms with Crippen LogP contribution in [-0.4, -0.2) is 50.4 Å². The van der Waals surface area contributed by atoms with Gasteiger partial charge in [0.05, 0.1) is 0 Å². The minimum absolute atomic E-state index is 0.0422. The quantitative estimate of drug-likeness (QED) is 0.628. The van der Waals surface area contributed by atoms with Gasteiger partial charge in [0.15, 0.2) is 0 Å². The van der Waals surface area contributed by atoms with Crippen LogP contribution in [0.5, 0.6) is 0 Å². The highest BCUT2D eigenvalue weighted by atomic mass is 16.2. The van der Waals surface area contributed by atoms with E-state index in [0.717, 1.165) is 13.1 Å². The lowest BCUT2D eigenvalue weighted by Crippen LogP contribution is -2.44. The highest BCUT2D eigenvalue weighted by molar-refractivity contribution is 5.78. The van der Waals surface area contributed by atoms with E-state index in [-0.39, 0.29) is 11.8 Å². The van der Waals surface area contributed by atoms with Crippen molar-refractivity contribution in [3.05, 3.63) is 0 Å². The average molecular weight is 213 g/mol. The zero-order valence-electron chi connectivity index (χ0n) is 9.38. The van der Waals surface area contributed by atoms with Gasteiger partial charge < -0.3 is 15.5 Å². The number of hydrogen-bond donors (Lipinski definition) is 2. The SMILES string of the molecule is CN(C)C(=O)CCNC(=O)CC1CNC1. The third-order valence-corrected chi connectivity index (χ3v) is 2.50. The molecule has 86 valence electrons. The predicted molar refractivity (Wildman–Crippen MR) is 57.3 cm³/mol. The minimum Gasteiger partial charge on any atom is -0.356 e. The monoisotopic (exact) mass is 213 g/mol. The van der Waals surface area contributed by atoms with E-state index in [1.807, 2.05) is 0 Å². The summed E-state index contributed by atoms with van der Waals surface area (Å²) in [6.07, 6.45) is 0.949. The molecular formula is C10H19N3O2. The Hall–Kier alpha value is -1.10. The Morgan fingerprint density at radius 1 is 1.40 bits per heavy atom. The van der Waals surface area contributed by atoms with Gasteiger partial charge in [-0.3, -0.25) is 9.59 Å². The molecule has 0 saturated carbocycles. The Balaban J connectivity index is 2.03. The fourth-order valence-corrected chi connectivity index (χ4v) is 1.36. The summed E-state index contributed by atoms with van der Waals surface area (Å²) in [5, 5.41) is 5.87. The van der Waals surface area contributed by atoms with Crippen molar-refractivity contribution in [1.29, 1.82) is 0 Å². The van der Waals surface area contributed by atoms with E-state index in [2.05, 4.69) is 10.6 Å². The van der Waals surface area contributed by atoms with Crippen molar-refractivity contribution in [2.75, 3.05) is 33.7 Å². The zero-order chi connectivity index (χ0) is 11.3. The van der Waals surface area contributed by atoms with Crippen molar-refractivity contribution >= 4 is 11.8 Å². The molecule has 1 rings (SSSR count). The predicted octanol–water partition coefficient (Wildman–Crippen LogP) is -0.810. The Kier molecular flexibility index (Phi) is 4.55. The van der Waals surface area contributed by atoms with Crippen molar-refractivity contribution in [3.63, 3.8) is 0 Å². The van der Waals surface area contributed by atoms with Gasteiger partial charge in [-0.2, -0.15) is 0 Å². The molecule has 1 aliphatic heterocycles. The van der Waals surface area contributed by atoms with Crippen molar-refractivity contribution < 1.29 is 9.59 Å². The fraction of sp³-hybridized carbons (Fsp3) is 0.800. The maximum atomic E-state index is 11.3. The summed E-state index contributed by atoms with van der Waals surface area (Å²) in [5.74, 6) is 0.572. The first-order valence-corrected chi connectivity index (χ1v) is 5.27. The summed E-state index contributed by atoms with van der Waals surface area (Å²) in [7, 11) is 3.42. The summed E-state index contributed by atoms with van der Waals surface area (Å²) in [6.45, 7) is 2.31. The van der Waals surface area contributed by atoms with Gasteiger partial charge in [-0.05, 0) is 19.0 Å². The van der Waals surface area contributed by atoms with Crippen LogP contribution in [0.15, 0.2) is 0 Å². The number of amides is 2. The third kappa shape index (κ3) is 4.29. The van der Waals surface area contributed by atoms with E-state index in [9.17, 15) is 9.59 Å². The van der Waals surface area contributed by atoms with E-state index < -0.39 is 0 Å². The summed E-state index contributed by atoms with van der Waals surface area (Å²) in [6, 6.07) is 0. The van der Waals surface area contributed by atoms with Crippen molar-refractivity contribution in [2.24, 2.45) is 5.92 Å². The zero-order valence-corrected chi connectivity index (χ0v) is 9.38. The number of nitrogens with zero attached hydrogens (tertiary/aromatic N) is 1. The van der Waals surface area contributed by atoms with Gasteiger partial charge in [0.1, 0.15) is 0 Å². The van der Waals surface area contributed by atoms with Crippen LogP contribution >= 0.6 is 0 Å². The van der Waals surface area contributed by atoms with Gasteiger partial charge in [0, 0.05) is 33.5 Å². The summed E-state index contributed by atoms with van der Waals surface area (Å²) in [4.78, 5) is 24.0. The first-order chi connectivity index (χ1) is 7.09. The van der Waals surface area contributed by atoms with Crippen molar-refractivity contribution in [2.45, 2.75) is 12.8 Å². The standard InChI is InChI=1S/C10H19N3O2/c1-13(2)10(15)3-4-12-9(14)5-8-6-11-7-8/h8,11H,3-7H2,1-2H3,(H,12,14). The summed E-state index contributed by atoms with van der Waals surface area (Å²) >= 11 is 0. The maximum Gasteiger partial charge on any atom is 0.223 e.